The first kappa shape index (κ1) is 36.2. The van der Waals surface area contributed by atoms with E-state index in [-0.39, 0.29) is 34.5 Å². The van der Waals surface area contributed by atoms with Gasteiger partial charge in [-0.2, -0.15) is 0 Å². The standard InChI is InChI=1S/C37H49ClN2O7S2/c1-24(2)48(42,43)23-37(46-5)17-6-8-25(3)26(4)49(44,45)39-35(41)28-11-15-34-33(19-28)40(20-29-10-13-32(29)37)21-36(22-47-34)16-7-9-27-18-30(38)12-14-31(27)36/h6,11-12,14-15,17-19,24-26,29,32H,7-10,13,16,20-23H2,1-5H3,(H,39,41)/b17-6+/t25-,26+,29-,32+,36-,37+/m0/s1. The van der Waals surface area contributed by atoms with Crippen molar-refractivity contribution in [2.75, 3.05) is 37.5 Å². The number of rotatable bonds is 4. The Bertz CT molecular complexity index is 1850. The maximum Gasteiger partial charge on any atom is 0.264 e. The van der Waals surface area contributed by atoms with Gasteiger partial charge < -0.3 is 14.4 Å². The van der Waals surface area contributed by atoms with Crippen LogP contribution >= 0.6 is 11.6 Å². The zero-order chi connectivity index (χ0) is 35.4. The van der Waals surface area contributed by atoms with E-state index in [2.05, 4.69) is 15.7 Å². The molecule has 0 saturated heterocycles. The van der Waals surface area contributed by atoms with Crippen molar-refractivity contribution in [1.29, 1.82) is 0 Å². The van der Waals surface area contributed by atoms with Crippen molar-refractivity contribution in [3.8, 4) is 5.75 Å². The highest BCUT2D eigenvalue weighted by atomic mass is 35.5. The van der Waals surface area contributed by atoms with Crippen LogP contribution in [0.1, 0.15) is 81.3 Å². The summed E-state index contributed by atoms with van der Waals surface area (Å²) in [6.07, 6.45) is 8.61. The van der Waals surface area contributed by atoms with E-state index in [0.29, 0.717) is 36.9 Å². The number of carbonyl (C=O) groups is 1. The monoisotopic (exact) mass is 732 g/mol. The smallest absolute Gasteiger partial charge is 0.264 e. The molecule has 1 saturated carbocycles. The van der Waals surface area contributed by atoms with E-state index >= 15 is 0 Å². The molecule has 6 rings (SSSR count). The minimum Gasteiger partial charge on any atom is -0.490 e. The molecule has 2 aromatic carbocycles. The number of anilines is 1. The summed E-state index contributed by atoms with van der Waals surface area (Å²) in [5.74, 6) is -0.587. The predicted molar refractivity (Wildman–Crippen MR) is 194 cm³/mol. The number of halogens is 1. The van der Waals surface area contributed by atoms with Crippen molar-refractivity contribution in [1.82, 2.24) is 4.72 Å². The summed E-state index contributed by atoms with van der Waals surface area (Å²) in [7, 11) is -5.97. The number of fused-ring (bicyclic) bond motifs is 4. The molecule has 2 bridgehead atoms. The van der Waals surface area contributed by atoms with Gasteiger partial charge in [-0.15, -0.1) is 0 Å². The first-order chi connectivity index (χ1) is 23.1. The molecule has 0 aromatic heterocycles. The molecule has 0 unspecified atom stereocenters. The molecule has 0 radical (unpaired) electrons. The number of amides is 1. The summed E-state index contributed by atoms with van der Waals surface area (Å²) in [6, 6.07) is 11.2. The van der Waals surface area contributed by atoms with Crippen molar-refractivity contribution in [2.24, 2.45) is 17.8 Å². The van der Waals surface area contributed by atoms with Crippen molar-refractivity contribution in [3.05, 3.63) is 70.3 Å². The first-order valence-electron chi connectivity index (χ1n) is 17.4. The number of aryl methyl sites for hydroxylation is 1. The van der Waals surface area contributed by atoms with Crippen LogP contribution in [0.2, 0.25) is 5.02 Å². The lowest BCUT2D eigenvalue weighted by molar-refractivity contribution is -0.0598. The highest BCUT2D eigenvalue weighted by Gasteiger charge is 2.51. The Kier molecular flexibility index (Phi) is 9.98. The lowest BCUT2D eigenvalue weighted by Crippen LogP contribution is -2.55. The van der Waals surface area contributed by atoms with Gasteiger partial charge in [0.05, 0.1) is 28.5 Å². The largest absolute Gasteiger partial charge is 0.490 e. The summed E-state index contributed by atoms with van der Waals surface area (Å²) in [5.41, 5.74) is 1.92. The van der Waals surface area contributed by atoms with Gasteiger partial charge in [-0.25, -0.2) is 21.6 Å². The molecular formula is C37H49ClN2O7S2. The second-order valence-corrected chi connectivity index (χ2v) is 20.1. The SMILES string of the molecule is CO[C@@]1(CS(=O)(=O)C(C)C)/C=C/C[C@H](C)[C@@H](C)S(=O)(=O)NC(=O)c2ccc3c(c2)N(C[C@@H]2CC[C@H]21)C[C@@]1(CCCc2cc(Cl)ccc21)CO3. The van der Waals surface area contributed by atoms with Crippen LogP contribution < -0.4 is 14.4 Å². The van der Waals surface area contributed by atoms with Crippen molar-refractivity contribution < 1.29 is 31.1 Å². The van der Waals surface area contributed by atoms with E-state index in [9.17, 15) is 21.6 Å². The maximum atomic E-state index is 13.5. The average molecular weight is 733 g/mol. The van der Waals surface area contributed by atoms with Gasteiger partial charge in [0.2, 0.25) is 10.0 Å². The molecule has 2 aliphatic carbocycles. The number of benzene rings is 2. The Morgan fingerprint density at radius 2 is 1.92 bits per heavy atom. The summed E-state index contributed by atoms with van der Waals surface area (Å²) < 4.78 is 69.2. The molecule has 2 aromatic rings. The second kappa shape index (κ2) is 13.5. The molecule has 2 aliphatic heterocycles. The number of methoxy groups -OCH3 is 1. The Hall–Kier alpha value is -2.60. The van der Waals surface area contributed by atoms with Crippen LogP contribution in [0.25, 0.3) is 0 Å². The molecule has 6 atom stereocenters. The minimum absolute atomic E-state index is 0.0883. The molecule has 2 heterocycles. The topological polar surface area (TPSA) is 119 Å². The number of nitrogens with one attached hydrogen (secondary N) is 1. The summed E-state index contributed by atoms with van der Waals surface area (Å²) in [4.78, 5) is 15.8. The van der Waals surface area contributed by atoms with Gasteiger partial charge in [0.25, 0.3) is 5.91 Å². The number of allylic oxidation sites excluding steroid dienone is 1. The van der Waals surface area contributed by atoms with E-state index < -0.39 is 41.9 Å². The van der Waals surface area contributed by atoms with Gasteiger partial charge in [-0.3, -0.25) is 4.79 Å². The quantitative estimate of drug-likeness (QED) is 0.376. The van der Waals surface area contributed by atoms with Gasteiger partial charge in [0.1, 0.15) is 11.4 Å². The minimum atomic E-state index is -4.04. The molecule has 1 amide bonds. The molecular weight excluding hydrogens is 684 g/mol. The van der Waals surface area contributed by atoms with Crippen LogP contribution in [-0.4, -0.2) is 71.4 Å². The molecule has 268 valence electrons. The fourth-order valence-corrected chi connectivity index (χ4v) is 11.1. The highest BCUT2D eigenvalue weighted by molar-refractivity contribution is 7.92. The Balaban J connectivity index is 1.48. The van der Waals surface area contributed by atoms with Crippen LogP contribution in [0.5, 0.6) is 5.75 Å². The third kappa shape index (κ3) is 6.89. The van der Waals surface area contributed by atoms with Crippen LogP contribution in [0.15, 0.2) is 48.6 Å². The van der Waals surface area contributed by atoms with Crippen molar-refractivity contribution >= 4 is 43.1 Å². The summed E-state index contributed by atoms with van der Waals surface area (Å²) in [5, 5.41) is -0.764. The van der Waals surface area contributed by atoms with E-state index in [1.54, 1.807) is 46.1 Å². The van der Waals surface area contributed by atoms with Gasteiger partial charge in [-0.1, -0.05) is 36.7 Å². The van der Waals surface area contributed by atoms with Gasteiger partial charge in [0.15, 0.2) is 9.84 Å². The zero-order valence-corrected chi connectivity index (χ0v) is 31.5. The van der Waals surface area contributed by atoms with Crippen molar-refractivity contribution in [2.45, 2.75) is 87.7 Å². The zero-order valence-electron chi connectivity index (χ0n) is 29.1. The number of carbonyl (C=O) groups excluding carboxylic acids is 1. The normalized spacial score (nSPS) is 32.2. The molecule has 4 aliphatic rings. The van der Waals surface area contributed by atoms with Crippen LogP contribution in [0.4, 0.5) is 5.69 Å². The van der Waals surface area contributed by atoms with Crippen LogP contribution in [0, 0.1) is 17.8 Å². The number of ether oxygens (including phenoxy) is 2. The van der Waals surface area contributed by atoms with E-state index in [1.165, 1.54) is 11.1 Å². The second-order valence-electron chi connectivity index (χ2n) is 15.0. The summed E-state index contributed by atoms with van der Waals surface area (Å²) in [6.45, 7) is 8.43. The number of hydrogen-bond donors (Lipinski definition) is 1. The fourth-order valence-electron chi connectivity index (χ4n) is 8.27. The number of sulfonamides is 1. The average Bonchev–Trinajstić information content (AvgIpc) is 3.18. The lowest BCUT2D eigenvalue weighted by Gasteiger charge is -2.50. The Labute approximate surface area is 296 Å². The first-order valence-corrected chi connectivity index (χ1v) is 21.0. The molecule has 12 heteroatoms. The van der Waals surface area contributed by atoms with Crippen molar-refractivity contribution in [3.63, 3.8) is 0 Å². The molecule has 1 fully saturated rings. The Morgan fingerprint density at radius 1 is 1.14 bits per heavy atom. The molecule has 1 spiro atoms. The van der Waals surface area contributed by atoms with Crippen LogP contribution in [0.3, 0.4) is 0 Å². The van der Waals surface area contributed by atoms with Crippen LogP contribution in [-0.2, 0) is 36.4 Å². The van der Waals surface area contributed by atoms with E-state index in [0.717, 1.165) is 37.8 Å². The maximum absolute atomic E-state index is 13.5. The molecule has 1 N–H and O–H groups in total. The molecule has 9 nitrogen and oxygen atoms in total. The highest BCUT2D eigenvalue weighted by Crippen LogP contribution is 2.49. The number of nitrogens with zero attached hydrogens (tertiary/aromatic N) is 1. The van der Waals surface area contributed by atoms with Gasteiger partial charge >= 0.3 is 0 Å². The number of hydrogen-bond acceptors (Lipinski definition) is 8. The van der Waals surface area contributed by atoms with E-state index in [4.69, 9.17) is 21.1 Å². The lowest BCUT2D eigenvalue weighted by atomic mass is 9.64. The predicted octanol–water partition coefficient (Wildman–Crippen LogP) is 6.09. The number of sulfone groups is 1. The Morgan fingerprint density at radius 3 is 2.61 bits per heavy atom. The fraction of sp³-hybridized carbons (Fsp3) is 0.595. The molecule has 49 heavy (non-hydrogen) atoms. The van der Waals surface area contributed by atoms with Gasteiger partial charge in [0, 0.05) is 36.2 Å². The third-order valence-electron chi connectivity index (χ3n) is 11.8. The van der Waals surface area contributed by atoms with E-state index in [1.807, 2.05) is 31.2 Å². The van der Waals surface area contributed by atoms with Gasteiger partial charge in [-0.05, 0) is 119 Å². The third-order valence-corrected chi connectivity index (χ3v) is 16.2. The summed E-state index contributed by atoms with van der Waals surface area (Å²) >= 11 is 6.44.